The monoisotopic (exact) mass is 388 g/mol. The van der Waals surface area contributed by atoms with Gasteiger partial charge in [-0.2, -0.15) is 0 Å². The zero-order valence-electron chi connectivity index (χ0n) is 16.7. The first-order valence-corrected chi connectivity index (χ1v) is 10.4. The van der Waals surface area contributed by atoms with Gasteiger partial charge in [0.2, 0.25) is 5.91 Å². The van der Waals surface area contributed by atoms with Gasteiger partial charge in [-0.15, -0.1) is 0 Å². The molecule has 1 saturated heterocycles. The molecule has 0 radical (unpaired) electrons. The number of fused-ring (bicyclic) bond motifs is 1. The van der Waals surface area contributed by atoms with Crippen molar-refractivity contribution in [3.63, 3.8) is 0 Å². The molecule has 3 aromatic rings. The normalized spacial score (nSPS) is 17.3. The van der Waals surface area contributed by atoms with Crippen molar-refractivity contribution in [2.75, 3.05) is 32.8 Å². The molecular weight excluding hydrogens is 360 g/mol. The van der Waals surface area contributed by atoms with Crippen LogP contribution in [-0.4, -0.2) is 43.6 Å². The number of benzene rings is 3. The molecule has 1 N–H and O–H groups in total. The van der Waals surface area contributed by atoms with Crippen LogP contribution in [0.15, 0.2) is 72.8 Å². The van der Waals surface area contributed by atoms with E-state index in [0.29, 0.717) is 13.0 Å². The fourth-order valence-electron chi connectivity index (χ4n) is 3.99. The standard InChI is InChI=1S/C25H28N2O2/c28-25(18-22-12-6-11-20-8-4-5-13-23(20)22)26-14-7-15-27-16-17-29-24(19-27)21-9-2-1-3-10-21/h1-6,8-13,24H,7,14-19H2,(H,26,28)/t24-/m0/s1. The first-order chi connectivity index (χ1) is 14.3. The molecule has 0 aliphatic carbocycles. The lowest BCUT2D eigenvalue weighted by molar-refractivity contribution is -0.120. The van der Waals surface area contributed by atoms with E-state index >= 15 is 0 Å². The van der Waals surface area contributed by atoms with E-state index in [1.54, 1.807) is 0 Å². The zero-order chi connectivity index (χ0) is 19.9. The van der Waals surface area contributed by atoms with E-state index in [9.17, 15) is 4.79 Å². The molecule has 29 heavy (non-hydrogen) atoms. The molecule has 1 aliphatic rings. The minimum absolute atomic E-state index is 0.0884. The maximum absolute atomic E-state index is 12.4. The number of carbonyl (C=O) groups excluding carboxylic acids is 1. The lowest BCUT2D eigenvalue weighted by atomic mass is 10.0. The van der Waals surface area contributed by atoms with Crippen molar-refractivity contribution in [1.82, 2.24) is 10.2 Å². The molecule has 1 atom stereocenters. The van der Waals surface area contributed by atoms with Crippen LogP contribution in [0.5, 0.6) is 0 Å². The molecule has 0 saturated carbocycles. The summed E-state index contributed by atoms with van der Waals surface area (Å²) in [6.07, 6.45) is 1.52. The number of amides is 1. The number of hydrogen-bond acceptors (Lipinski definition) is 3. The summed E-state index contributed by atoms with van der Waals surface area (Å²) in [5.74, 6) is 0.0884. The lowest BCUT2D eigenvalue weighted by Gasteiger charge is -2.33. The summed E-state index contributed by atoms with van der Waals surface area (Å²) in [6, 6.07) is 24.8. The van der Waals surface area contributed by atoms with E-state index in [1.807, 2.05) is 30.3 Å². The number of carbonyl (C=O) groups is 1. The van der Waals surface area contributed by atoms with Gasteiger partial charge in [-0.3, -0.25) is 9.69 Å². The number of rotatable bonds is 7. The second kappa shape index (κ2) is 9.68. The minimum Gasteiger partial charge on any atom is -0.371 e. The summed E-state index contributed by atoms with van der Waals surface area (Å²) in [5.41, 5.74) is 2.32. The van der Waals surface area contributed by atoms with Crippen LogP contribution in [-0.2, 0) is 16.0 Å². The number of nitrogens with zero attached hydrogens (tertiary/aromatic N) is 1. The van der Waals surface area contributed by atoms with Crippen LogP contribution in [0.1, 0.15) is 23.7 Å². The van der Waals surface area contributed by atoms with Crippen LogP contribution in [0, 0.1) is 0 Å². The average molecular weight is 389 g/mol. The highest BCUT2D eigenvalue weighted by atomic mass is 16.5. The summed E-state index contributed by atoms with van der Waals surface area (Å²) in [5, 5.41) is 5.42. The Bertz CT molecular complexity index is 936. The zero-order valence-corrected chi connectivity index (χ0v) is 16.7. The summed E-state index contributed by atoms with van der Waals surface area (Å²) in [7, 11) is 0. The molecule has 4 heteroatoms. The molecule has 0 spiro atoms. The molecule has 150 valence electrons. The highest BCUT2D eigenvalue weighted by Gasteiger charge is 2.21. The third kappa shape index (κ3) is 5.22. The average Bonchev–Trinajstić information content (AvgIpc) is 2.78. The van der Waals surface area contributed by atoms with Gasteiger partial charge in [0.15, 0.2) is 0 Å². The van der Waals surface area contributed by atoms with Gasteiger partial charge in [0.1, 0.15) is 0 Å². The van der Waals surface area contributed by atoms with Crippen LogP contribution in [0.25, 0.3) is 10.8 Å². The third-order valence-electron chi connectivity index (χ3n) is 5.53. The maximum atomic E-state index is 12.4. The van der Waals surface area contributed by atoms with Crippen LogP contribution >= 0.6 is 0 Å². The molecule has 1 amide bonds. The van der Waals surface area contributed by atoms with Crippen molar-refractivity contribution in [3.8, 4) is 0 Å². The van der Waals surface area contributed by atoms with E-state index < -0.39 is 0 Å². The molecule has 1 heterocycles. The molecule has 0 unspecified atom stereocenters. The van der Waals surface area contributed by atoms with E-state index in [4.69, 9.17) is 4.74 Å². The predicted molar refractivity (Wildman–Crippen MR) is 117 cm³/mol. The first-order valence-electron chi connectivity index (χ1n) is 10.4. The fourth-order valence-corrected chi connectivity index (χ4v) is 3.99. The molecule has 0 aromatic heterocycles. The summed E-state index contributed by atoms with van der Waals surface area (Å²) in [6.45, 7) is 4.30. The Morgan fingerprint density at radius 2 is 1.79 bits per heavy atom. The Labute approximate surface area is 172 Å². The maximum Gasteiger partial charge on any atom is 0.224 e. The summed E-state index contributed by atoms with van der Waals surface area (Å²) < 4.78 is 5.93. The van der Waals surface area contributed by atoms with Crippen LogP contribution in [0.3, 0.4) is 0 Å². The Balaban J connectivity index is 1.22. The van der Waals surface area contributed by atoms with E-state index in [-0.39, 0.29) is 12.0 Å². The highest BCUT2D eigenvalue weighted by molar-refractivity contribution is 5.90. The molecule has 0 bridgehead atoms. The molecule has 4 nitrogen and oxygen atoms in total. The SMILES string of the molecule is O=C(Cc1cccc2ccccc12)NCCCN1CCO[C@H](c2ccccc2)C1. The molecule has 1 aliphatic heterocycles. The van der Waals surface area contributed by atoms with Crippen molar-refractivity contribution in [3.05, 3.63) is 83.9 Å². The summed E-state index contributed by atoms with van der Waals surface area (Å²) in [4.78, 5) is 14.8. The van der Waals surface area contributed by atoms with Gasteiger partial charge in [-0.25, -0.2) is 0 Å². The van der Waals surface area contributed by atoms with E-state index in [1.165, 1.54) is 10.9 Å². The Hall–Kier alpha value is -2.69. The van der Waals surface area contributed by atoms with E-state index in [0.717, 1.165) is 43.6 Å². The van der Waals surface area contributed by atoms with E-state index in [2.05, 4.69) is 52.7 Å². The topological polar surface area (TPSA) is 41.6 Å². The van der Waals surface area contributed by atoms with Gasteiger partial charge in [-0.05, 0) is 28.3 Å². The molecule has 1 fully saturated rings. The van der Waals surface area contributed by atoms with Gasteiger partial charge in [0, 0.05) is 26.2 Å². The van der Waals surface area contributed by atoms with Crippen LogP contribution in [0.4, 0.5) is 0 Å². The van der Waals surface area contributed by atoms with Crippen molar-refractivity contribution < 1.29 is 9.53 Å². The minimum atomic E-state index is 0.0884. The quantitative estimate of drug-likeness (QED) is 0.623. The van der Waals surface area contributed by atoms with Crippen molar-refractivity contribution in [2.24, 2.45) is 0 Å². The van der Waals surface area contributed by atoms with Crippen molar-refractivity contribution in [1.29, 1.82) is 0 Å². The lowest BCUT2D eigenvalue weighted by Crippen LogP contribution is -2.40. The number of ether oxygens (including phenoxy) is 1. The van der Waals surface area contributed by atoms with Crippen LogP contribution < -0.4 is 5.32 Å². The highest BCUT2D eigenvalue weighted by Crippen LogP contribution is 2.22. The number of morpholine rings is 1. The third-order valence-corrected chi connectivity index (χ3v) is 5.53. The smallest absolute Gasteiger partial charge is 0.224 e. The Morgan fingerprint density at radius 3 is 2.69 bits per heavy atom. The van der Waals surface area contributed by atoms with Crippen molar-refractivity contribution >= 4 is 16.7 Å². The van der Waals surface area contributed by atoms with Crippen LogP contribution in [0.2, 0.25) is 0 Å². The summed E-state index contributed by atoms with van der Waals surface area (Å²) >= 11 is 0. The van der Waals surface area contributed by atoms with Gasteiger partial charge >= 0.3 is 0 Å². The van der Waals surface area contributed by atoms with Gasteiger partial charge < -0.3 is 10.1 Å². The molecule has 4 rings (SSSR count). The van der Waals surface area contributed by atoms with Gasteiger partial charge in [-0.1, -0.05) is 72.8 Å². The van der Waals surface area contributed by atoms with Crippen molar-refractivity contribution in [2.45, 2.75) is 18.9 Å². The largest absolute Gasteiger partial charge is 0.371 e. The number of nitrogens with one attached hydrogen (secondary N) is 1. The Kier molecular flexibility index (Phi) is 6.55. The molecular formula is C25H28N2O2. The second-order valence-corrected chi connectivity index (χ2v) is 7.59. The predicted octanol–water partition coefficient (Wildman–Crippen LogP) is 3.96. The first kappa shape index (κ1) is 19.6. The van der Waals surface area contributed by atoms with Gasteiger partial charge in [0.25, 0.3) is 0 Å². The Morgan fingerprint density at radius 1 is 1.00 bits per heavy atom. The second-order valence-electron chi connectivity index (χ2n) is 7.59. The fraction of sp³-hybridized carbons (Fsp3) is 0.320. The van der Waals surface area contributed by atoms with Gasteiger partial charge in [0.05, 0.1) is 19.1 Å². The molecule has 3 aromatic carbocycles. The number of hydrogen-bond donors (Lipinski definition) is 1.